The van der Waals surface area contributed by atoms with Crippen molar-refractivity contribution >= 4 is 55.5 Å². The van der Waals surface area contributed by atoms with Crippen LogP contribution >= 0.6 is 11.6 Å². The van der Waals surface area contributed by atoms with Crippen molar-refractivity contribution in [1.82, 2.24) is 14.6 Å². The number of carbonyl (C=O) groups excluding carboxylic acids is 1. The number of piperazine rings is 1. The van der Waals surface area contributed by atoms with Crippen LogP contribution in [0.4, 0.5) is 30.2 Å². The number of H-pyrrole nitrogens is 1. The van der Waals surface area contributed by atoms with Crippen LogP contribution in [0.3, 0.4) is 0 Å². The molecule has 13 nitrogen and oxygen atoms in total. The standard InChI is InChI=1S/C50H50ClF3N6O7S/c51-38-7-2-34(3-8-38)44-28-37(50(52,53)54)6-1-36(44)31-58-21-23-59(24-22-58)40-11-14-43(48(29-40)67-41-12-15-45-35(27-41)17-20-55-45)49(61)57-68(64,65)42-13-16-46(47(30-42)60(62)63)56-39-9-4-32(5-10-39)33-18-25-66-26-19-33/h1-3,6-8,11-17,20,27-30,32-33,39,55-56H,4-5,9-10,18-19,21-26,31H2,(H,57,61). The summed E-state index contributed by atoms with van der Waals surface area (Å²) in [6.45, 7) is 4.12. The second-order valence-corrected chi connectivity index (χ2v) is 19.8. The number of hydrogen-bond donors (Lipinski definition) is 3. The van der Waals surface area contributed by atoms with Crippen molar-refractivity contribution in [3.05, 3.63) is 141 Å². The number of hydrogen-bond acceptors (Lipinski definition) is 10. The number of halogens is 4. The van der Waals surface area contributed by atoms with E-state index in [1.807, 2.05) is 12.1 Å². The first kappa shape index (κ1) is 46.9. The van der Waals surface area contributed by atoms with Crippen molar-refractivity contribution in [2.75, 3.05) is 49.6 Å². The summed E-state index contributed by atoms with van der Waals surface area (Å²) < 4.78 is 83.0. The van der Waals surface area contributed by atoms with E-state index in [0.717, 1.165) is 80.3 Å². The number of benzene rings is 5. The third kappa shape index (κ3) is 10.8. The maximum absolute atomic E-state index is 14.0. The Labute approximate surface area is 396 Å². The van der Waals surface area contributed by atoms with E-state index in [9.17, 15) is 36.5 Å². The highest BCUT2D eigenvalue weighted by Gasteiger charge is 2.33. The van der Waals surface area contributed by atoms with E-state index in [-0.39, 0.29) is 23.0 Å². The summed E-state index contributed by atoms with van der Waals surface area (Å²) in [6, 6.07) is 26.1. The second kappa shape index (κ2) is 19.8. The van der Waals surface area contributed by atoms with Crippen LogP contribution in [0.2, 0.25) is 5.02 Å². The molecule has 3 N–H and O–H groups in total. The van der Waals surface area contributed by atoms with E-state index < -0.39 is 43.2 Å². The molecule has 1 amide bonds. The minimum atomic E-state index is -4.62. The molecule has 18 heteroatoms. The number of nitrogens with zero attached hydrogens (tertiary/aromatic N) is 3. The summed E-state index contributed by atoms with van der Waals surface area (Å²) in [5.74, 6) is 0.682. The van der Waals surface area contributed by atoms with E-state index in [0.29, 0.717) is 72.1 Å². The SMILES string of the molecule is O=C(NS(=O)(=O)c1ccc(NC2CCC(C3CCOCC3)CC2)c([N+](=O)[O-])c1)c1ccc(N2CCN(Cc3ccc(C(F)(F)F)cc3-c3ccc(Cl)cc3)CC2)cc1Oc1ccc2[nH]ccc2c1. The van der Waals surface area contributed by atoms with Crippen LogP contribution in [0.5, 0.6) is 11.5 Å². The fraction of sp³-hybridized carbons (Fsp3) is 0.340. The van der Waals surface area contributed by atoms with Crippen LogP contribution in [-0.4, -0.2) is 74.6 Å². The van der Waals surface area contributed by atoms with Crippen molar-refractivity contribution in [3.8, 4) is 22.6 Å². The van der Waals surface area contributed by atoms with Gasteiger partial charge in [-0.15, -0.1) is 0 Å². The number of anilines is 2. The van der Waals surface area contributed by atoms with Gasteiger partial charge in [-0.3, -0.25) is 19.8 Å². The Morgan fingerprint density at radius 1 is 0.853 bits per heavy atom. The third-order valence-electron chi connectivity index (χ3n) is 13.5. The average Bonchev–Trinajstić information content (AvgIpc) is 3.80. The Bertz CT molecular complexity index is 2910. The first-order valence-electron chi connectivity index (χ1n) is 22.7. The Morgan fingerprint density at radius 3 is 2.31 bits per heavy atom. The molecule has 3 heterocycles. The zero-order chi connectivity index (χ0) is 47.6. The Morgan fingerprint density at radius 2 is 1.59 bits per heavy atom. The van der Waals surface area contributed by atoms with Crippen molar-refractivity contribution in [3.63, 3.8) is 0 Å². The number of nitro groups is 1. The van der Waals surface area contributed by atoms with Gasteiger partial charge in [-0.05, 0) is 140 Å². The quantitative estimate of drug-likeness (QED) is 0.0751. The van der Waals surface area contributed by atoms with E-state index in [1.54, 1.807) is 54.7 Å². The lowest BCUT2D eigenvalue weighted by Crippen LogP contribution is -2.46. The monoisotopic (exact) mass is 970 g/mol. The highest BCUT2D eigenvalue weighted by molar-refractivity contribution is 7.90. The van der Waals surface area contributed by atoms with Gasteiger partial charge in [0.2, 0.25) is 0 Å². The number of sulfonamides is 1. The van der Waals surface area contributed by atoms with E-state index in [1.165, 1.54) is 30.3 Å². The zero-order valence-electron chi connectivity index (χ0n) is 36.9. The second-order valence-electron chi connectivity index (χ2n) is 17.7. The van der Waals surface area contributed by atoms with Gasteiger partial charge in [0.05, 0.1) is 20.9 Å². The van der Waals surface area contributed by atoms with Gasteiger partial charge in [-0.2, -0.15) is 13.2 Å². The van der Waals surface area contributed by atoms with Gasteiger partial charge in [0, 0.05) is 91.9 Å². The smallest absolute Gasteiger partial charge is 0.416 e. The minimum absolute atomic E-state index is 0.00293. The number of nitro benzene ring substituents is 1. The molecule has 1 aromatic heterocycles. The normalized spacial score (nSPS) is 18.6. The fourth-order valence-electron chi connectivity index (χ4n) is 9.73. The molecule has 0 bridgehead atoms. The average molecular weight is 971 g/mol. The molecule has 1 saturated carbocycles. The summed E-state index contributed by atoms with van der Waals surface area (Å²) in [7, 11) is -4.62. The molecule has 68 heavy (non-hydrogen) atoms. The molecule has 0 spiro atoms. The molecular weight excluding hydrogens is 921 g/mol. The van der Waals surface area contributed by atoms with E-state index >= 15 is 0 Å². The molecule has 0 atom stereocenters. The molecule has 0 radical (unpaired) electrons. The van der Waals surface area contributed by atoms with Crippen LogP contribution in [0.25, 0.3) is 22.0 Å². The number of rotatable bonds is 13. The van der Waals surface area contributed by atoms with Crippen molar-refractivity contribution in [2.24, 2.45) is 11.8 Å². The number of ether oxygens (including phenoxy) is 2. The lowest BCUT2D eigenvalue weighted by Gasteiger charge is -2.36. The van der Waals surface area contributed by atoms with Crippen molar-refractivity contribution < 1.29 is 40.8 Å². The lowest BCUT2D eigenvalue weighted by atomic mass is 9.75. The number of aromatic amines is 1. The minimum Gasteiger partial charge on any atom is -0.456 e. The number of carbonyl (C=O) groups is 1. The largest absolute Gasteiger partial charge is 0.456 e. The Kier molecular flexibility index (Phi) is 13.7. The number of nitrogens with one attached hydrogen (secondary N) is 3. The van der Waals surface area contributed by atoms with Crippen LogP contribution in [-0.2, 0) is 27.5 Å². The molecule has 2 saturated heterocycles. The molecule has 0 unspecified atom stereocenters. The van der Waals surface area contributed by atoms with Crippen molar-refractivity contribution in [2.45, 2.75) is 62.2 Å². The Hall–Kier alpha value is -6.14. The molecular formula is C50H50ClF3N6O7S. The summed E-state index contributed by atoms with van der Waals surface area (Å²) in [5.41, 5.74) is 2.33. The van der Waals surface area contributed by atoms with E-state index in [2.05, 4.69) is 24.8 Å². The van der Waals surface area contributed by atoms with Gasteiger partial charge in [0.15, 0.2) is 0 Å². The predicted octanol–water partition coefficient (Wildman–Crippen LogP) is 11.0. The molecule has 5 aromatic carbocycles. The summed E-state index contributed by atoms with van der Waals surface area (Å²) in [6.07, 6.45) is 3.06. The molecule has 3 fully saturated rings. The highest BCUT2D eigenvalue weighted by atomic mass is 35.5. The van der Waals surface area contributed by atoms with E-state index in [4.69, 9.17) is 21.1 Å². The van der Waals surface area contributed by atoms with Gasteiger partial charge in [0.25, 0.3) is 21.6 Å². The van der Waals surface area contributed by atoms with Crippen LogP contribution in [0.1, 0.15) is 60.0 Å². The van der Waals surface area contributed by atoms with Crippen LogP contribution in [0.15, 0.2) is 114 Å². The van der Waals surface area contributed by atoms with Gasteiger partial charge >= 0.3 is 6.18 Å². The van der Waals surface area contributed by atoms with Gasteiger partial charge in [0.1, 0.15) is 17.2 Å². The molecule has 356 valence electrons. The number of alkyl halides is 3. The number of amides is 1. The summed E-state index contributed by atoms with van der Waals surface area (Å²) in [4.78, 5) is 32.6. The van der Waals surface area contributed by atoms with Crippen LogP contribution in [0, 0.1) is 22.0 Å². The topological polar surface area (TPSA) is 159 Å². The zero-order valence-corrected chi connectivity index (χ0v) is 38.5. The van der Waals surface area contributed by atoms with Gasteiger partial charge in [-0.25, -0.2) is 13.1 Å². The first-order valence-corrected chi connectivity index (χ1v) is 24.6. The number of fused-ring (bicyclic) bond motifs is 1. The predicted molar refractivity (Wildman–Crippen MR) is 255 cm³/mol. The molecule has 9 rings (SSSR count). The number of aromatic nitrogens is 1. The molecule has 3 aliphatic rings. The van der Waals surface area contributed by atoms with Crippen LogP contribution < -0.4 is 19.7 Å². The lowest BCUT2D eigenvalue weighted by molar-refractivity contribution is -0.384. The molecule has 6 aromatic rings. The fourth-order valence-corrected chi connectivity index (χ4v) is 10.8. The maximum atomic E-state index is 14.0. The first-order chi connectivity index (χ1) is 32.7. The van der Waals surface area contributed by atoms with Gasteiger partial charge in [-0.1, -0.05) is 29.8 Å². The molecule has 2 aliphatic heterocycles. The summed E-state index contributed by atoms with van der Waals surface area (Å²) >= 11 is 6.09. The third-order valence-corrected chi connectivity index (χ3v) is 15.0. The molecule has 1 aliphatic carbocycles. The Balaban J connectivity index is 0.910. The van der Waals surface area contributed by atoms with Crippen molar-refractivity contribution in [1.29, 1.82) is 0 Å². The summed E-state index contributed by atoms with van der Waals surface area (Å²) in [5, 5.41) is 16.9. The highest BCUT2D eigenvalue weighted by Crippen LogP contribution is 2.39. The maximum Gasteiger partial charge on any atom is 0.416 e. The van der Waals surface area contributed by atoms with Gasteiger partial charge < -0.3 is 24.7 Å².